The summed E-state index contributed by atoms with van der Waals surface area (Å²) in [5.74, 6) is 0. The number of hydrogen-bond donors (Lipinski definition) is 0. The largest absolute Gasteiger partial charge is 0.332 e. The van der Waals surface area contributed by atoms with Crippen molar-refractivity contribution in [3.8, 4) is 0 Å². The van der Waals surface area contributed by atoms with Crippen molar-refractivity contribution < 1.29 is 0 Å². The number of nitrogens with zero attached hydrogens (tertiary/aromatic N) is 2. The summed E-state index contributed by atoms with van der Waals surface area (Å²) in [6.45, 7) is 6.59. The molecule has 1 unspecified atom stereocenters. The molecule has 1 aromatic rings. The molecule has 0 fully saturated rings. The Labute approximate surface area is 74.6 Å². The van der Waals surface area contributed by atoms with Gasteiger partial charge in [-0.05, 0) is 20.3 Å². The van der Waals surface area contributed by atoms with Crippen LogP contribution in [0.15, 0.2) is 12.5 Å². The molecule has 0 saturated carbocycles. The molecule has 1 rings (SSSR count). The summed E-state index contributed by atoms with van der Waals surface area (Å²) >= 11 is 0. The second kappa shape index (κ2) is 4.29. The highest BCUT2D eigenvalue weighted by Gasteiger charge is 2.04. The lowest BCUT2D eigenvalue weighted by molar-refractivity contribution is 0.477. The van der Waals surface area contributed by atoms with E-state index in [4.69, 9.17) is 0 Å². The van der Waals surface area contributed by atoms with E-state index >= 15 is 0 Å². The van der Waals surface area contributed by atoms with E-state index in [1.165, 1.54) is 25.0 Å². The Balaban J connectivity index is 2.52. The second-order valence-corrected chi connectivity index (χ2v) is 3.43. The summed E-state index contributed by atoms with van der Waals surface area (Å²) < 4.78 is 2.25. The molecular formula is C10H18N2. The van der Waals surface area contributed by atoms with Gasteiger partial charge in [0.15, 0.2) is 0 Å². The monoisotopic (exact) mass is 166 g/mol. The van der Waals surface area contributed by atoms with Gasteiger partial charge in [-0.2, -0.15) is 0 Å². The maximum Gasteiger partial charge on any atom is 0.0950 e. The highest BCUT2D eigenvalue weighted by Crippen LogP contribution is 2.15. The third kappa shape index (κ3) is 2.10. The molecule has 68 valence electrons. The molecule has 0 aliphatic rings. The Kier molecular flexibility index (Phi) is 3.32. The van der Waals surface area contributed by atoms with E-state index in [1.807, 2.05) is 12.5 Å². The lowest BCUT2D eigenvalue weighted by Gasteiger charge is -2.14. The molecule has 2 heteroatoms. The fourth-order valence-corrected chi connectivity index (χ4v) is 1.47. The maximum absolute atomic E-state index is 4.11. The van der Waals surface area contributed by atoms with E-state index in [2.05, 4.69) is 30.3 Å². The van der Waals surface area contributed by atoms with Crippen molar-refractivity contribution in [2.24, 2.45) is 0 Å². The molecule has 1 aromatic heterocycles. The summed E-state index contributed by atoms with van der Waals surface area (Å²) in [6.07, 6.45) is 7.68. The van der Waals surface area contributed by atoms with Gasteiger partial charge < -0.3 is 4.57 Å². The molecule has 0 aliphatic heterocycles. The van der Waals surface area contributed by atoms with Gasteiger partial charge in [0.25, 0.3) is 0 Å². The lowest BCUT2D eigenvalue weighted by Crippen LogP contribution is -2.05. The number of rotatable bonds is 4. The molecule has 0 bridgehead atoms. The Morgan fingerprint density at radius 2 is 2.33 bits per heavy atom. The van der Waals surface area contributed by atoms with Crippen molar-refractivity contribution in [2.75, 3.05) is 0 Å². The third-order valence-electron chi connectivity index (χ3n) is 2.31. The van der Waals surface area contributed by atoms with Gasteiger partial charge in [-0.25, -0.2) is 4.98 Å². The first-order chi connectivity index (χ1) is 5.75. The van der Waals surface area contributed by atoms with Crippen LogP contribution in [0.3, 0.4) is 0 Å². The first-order valence-electron chi connectivity index (χ1n) is 4.74. The number of unbranched alkanes of at least 4 members (excludes halogenated alkanes) is 1. The Hall–Kier alpha value is -0.790. The summed E-state index contributed by atoms with van der Waals surface area (Å²) in [6, 6.07) is 0.604. The van der Waals surface area contributed by atoms with Gasteiger partial charge in [-0.1, -0.05) is 19.8 Å². The topological polar surface area (TPSA) is 17.8 Å². The predicted octanol–water partition coefficient (Wildman–Crippen LogP) is 2.94. The summed E-state index contributed by atoms with van der Waals surface area (Å²) in [7, 11) is 0. The van der Waals surface area contributed by atoms with Crippen LogP contribution in [-0.2, 0) is 0 Å². The second-order valence-electron chi connectivity index (χ2n) is 3.43. The summed E-state index contributed by atoms with van der Waals surface area (Å²) in [5, 5.41) is 0. The van der Waals surface area contributed by atoms with Crippen molar-refractivity contribution >= 4 is 0 Å². The average molecular weight is 166 g/mol. The Bertz CT molecular complexity index is 227. The van der Waals surface area contributed by atoms with Crippen molar-refractivity contribution in [3.63, 3.8) is 0 Å². The van der Waals surface area contributed by atoms with Gasteiger partial charge in [0.2, 0.25) is 0 Å². The van der Waals surface area contributed by atoms with Gasteiger partial charge in [0.05, 0.1) is 6.33 Å². The third-order valence-corrected chi connectivity index (χ3v) is 2.31. The lowest BCUT2D eigenvalue weighted by atomic mass is 10.1. The molecule has 0 aromatic carbocycles. The first-order valence-corrected chi connectivity index (χ1v) is 4.74. The van der Waals surface area contributed by atoms with Gasteiger partial charge in [0, 0.05) is 17.9 Å². The maximum atomic E-state index is 4.11. The van der Waals surface area contributed by atoms with Crippen LogP contribution in [0.2, 0.25) is 0 Å². The molecule has 0 saturated heterocycles. The van der Waals surface area contributed by atoms with Crippen LogP contribution in [0.25, 0.3) is 0 Å². The molecule has 2 nitrogen and oxygen atoms in total. The van der Waals surface area contributed by atoms with E-state index in [0.717, 1.165) is 0 Å². The number of aromatic nitrogens is 2. The Morgan fingerprint density at radius 1 is 1.58 bits per heavy atom. The first kappa shape index (κ1) is 9.30. The van der Waals surface area contributed by atoms with E-state index < -0.39 is 0 Å². The van der Waals surface area contributed by atoms with Gasteiger partial charge in [-0.15, -0.1) is 0 Å². The fourth-order valence-electron chi connectivity index (χ4n) is 1.47. The molecule has 12 heavy (non-hydrogen) atoms. The van der Waals surface area contributed by atoms with Crippen molar-refractivity contribution in [3.05, 3.63) is 18.2 Å². The molecular weight excluding hydrogens is 148 g/mol. The van der Waals surface area contributed by atoms with Gasteiger partial charge in [-0.3, -0.25) is 0 Å². The molecule has 1 heterocycles. The number of hydrogen-bond acceptors (Lipinski definition) is 1. The smallest absolute Gasteiger partial charge is 0.0950 e. The van der Waals surface area contributed by atoms with Crippen molar-refractivity contribution in [2.45, 2.75) is 46.1 Å². The van der Waals surface area contributed by atoms with Crippen LogP contribution in [0.5, 0.6) is 0 Å². The van der Waals surface area contributed by atoms with E-state index in [1.54, 1.807) is 0 Å². The van der Waals surface area contributed by atoms with Crippen LogP contribution in [0.4, 0.5) is 0 Å². The van der Waals surface area contributed by atoms with E-state index in [9.17, 15) is 0 Å². The minimum Gasteiger partial charge on any atom is -0.332 e. The number of aryl methyl sites for hydroxylation is 1. The minimum atomic E-state index is 0.604. The van der Waals surface area contributed by atoms with E-state index in [-0.39, 0.29) is 0 Å². The van der Waals surface area contributed by atoms with Crippen LogP contribution in [0, 0.1) is 6.92 Å². The fraction of sp³-hybridized carbons (Fsp3) is 0.700. The van der Waals surface area contributed by atoms with Crippen molar-refractivity contribution in [1.82, 2.24) is 9.55 Å². The highest BCUT2D eigenvalue weighted by atomic mass is 15.1. The SMILES string of the molecule is CCCCC(C)n1cncc1C. The molecule has 0 radical (unpaired) electrons. The van der Waals surface area contributed by atoms with Crippen LogP contribution >= 0.6 is 0 Å². The van der Waals surface area contributed by atoms with Crippen molar-refractivity contribution in [1.29, 1.82) is 0 Å². The summed E-state index contributed by atoms with van der Waals surface area (Å²) in [4.78, 5) is 4.11. The number of imidazole rings is 1. The zero-order valence-corrected chi connectivity index (χ0v) is 8.25. The molecule has 1 atom stereocenters. The molecule has 0 spiro atoms. The molecule has 0 N–H and O–H groups in total. The quantitative estimate of drug-likeness (QED) is 0.672. The predicted molar refractivity (Wildman–Crippen MR) is 51.2 cm³/mol. The van der Waals surface area contributed by atoms with Gasteiger partial charge in [0.1, 0.15) is 0 Å². The van der Waals surface area contributed by atoms with E-state index in [0.29, 0.717) is 6.04 Å². The van der Waals surface area contributed by atoms with Crippen LogP contribution in [0.1, 0.15) is 44.8 Å². The standard InChI is InChI=1S/C10H18N2/c1-4-5-6-9(2)12-8-11-7-10(12)3/h7-9H,4-6H2,1-3H3. The zero-order valence-electron chi connectivity index (χ0n) is 8.25. The highest BCUT2D eigenvalue weighted by molar-refractivity contribution is 4.95. The van der Waals surface area contributed by atoms with Gasteiger partial charge >= 0.3 is 0 Å². The summed E-state index contributed by atoms with van der Waals surface area (Å²) in [5.41, 5.74) is 1.26. The van der Waals surface area contributed by atoms with Crippen LogP contribution < -0.4 is 0 Å². The molecule has 0 aliphatic carbocycles. The Morgan fingerprint density at radius 3 is 2.83 bits per heavy atom. The average Bonchev–Trinajstić information content (AvgIpc) is 2.47. The van der Waals surface area contributed by atoms with Crippen LogP contribution in [-0.4, -0.2) is 9.55 Å². The minimum absolute atomic E-state index is 0.604. The normalized spacial score (nSPS) is 13.2. The zero-order chi connectivity index (χ0) is 8.97. The molecule has 0 amide bonds.